The van der Waals surface area contributed by atoms with Gasteiger partial charge in [0, 0.05) is 11.5 Å². The Bertz CT molecular complexity index is 685. The van der Waals surface area contributed by atoms with E-state index < -0.39 is 11.7 Å². The van der Waals surface area contributed by atoms with Gasteiger partial charge in [-0.2, -0.15) is 5.10 Å². The van der Waals surface area contributed by atoms with E-state index in [1.165, 1.54) is 16.9 Å². The minimum atomic E-state index is -0.513. The Balaban J connectivity index is 2.30. The molecule has 1 amide bonds. The molecule has 0 aliphatic carbocycles. The highest BCUT2D eigenvalue weighted by molar-refractivity contribution is 9.10. The first-order valence-corrected chi connectivity index (χ1v) is 7.15. The van der Waals surface area contributed by atoms with Gasteiger partial charge in [-0.25, -0.2) is 4.39 Å². The maximum absolute atomic E-state index is 13.9. The second-order valence-electron chi connectivity index (χ2n) is 4.45. The van der Waals surface area contributed by atoms with Crippen LogP contribution in [0, 0.1) is 12.7 Å². The maximum Gasteiger partial charge on any atom is 0.277 e. The topological polar surface area (TPSA) is 56.2 Å². The third-order valence-corrected chi connectivity index (χ3v) is 3.77. The van der Waals surface area contributed by atoms with E-state index in [9.17, 15) is 9.18 Å². The van der Waals surface area contributed by atoms with Crippen LogP contribution in [0.15, 0.2) is 22.8 Å². The number of nitrogens with one attached hydrogen (secondary N) is 1. The van der Waals surface area contributed by atoms with E-state index in [2.05, 4.69) is 26.3 Å². The predicted octanol–water partition coefficient (Wildman–Crippen LogP) is 3.28. The monoisotopic (exact) mass is 355 g/mol. The van der Waals surface area contributed by atoms with Crippen molar-refractivity contribution in [1.29, 1.82) is 0 Å². The number of anilines is 1. The van der Waals surface area contributed by atoms with Gasteiger partial charge in [0.2, 0.25) is 0 Å². The number of aryl methyl sites for hydroxylation is 2. The SMILES string of the molecule is CCOc1cnn(C)c1C(=O)Nc1cc(C)c(Br)cc1F. The predicted molar refractivity (Wildman–Crippen MR) is 81.2 cm³/mol. The van der Waals surface area contributed by atoms with Gasteiger partial charge in [-0.15, -0.1) is 0 Å². The fourth-order valence-electron chi connectivity index (χ4n) is 1.87. The molecule has 0 radical (unpaired) electrons. The van der Waals surface area contributed by atoms with Gasteiger partial charge in [0.15, 0.2) is 11.4 Å². The van der Waals surface area contributed by atoms with Crippen molar-refractivity contribution in [2.75, 3.05) is 11.9 Å². The highest BCUT2D eigenvalue weighted by Gasteiger charge is 2.19. The Morgan fingerprint density at radius 2 is 2.24 bits per heavy atom. The van der Waals surface area contributed by atoms with Gasteiger partial charge in [0.05, 0.1) is 18.5 Å². The summed E-state index contributed by atoms with van der Waals surface area (Å²) >= 11 is 3.24. The maximum atomic E-state index is 13.9. The lowest BCUT2D eigenvalue weighted by molar-refractivity contribution is 0.101. The zero-order valence-corrected chi connectivity index (χ0v) is 13.5. The third-order valence-electron chi connectivity index (χ3n) is 2.92. The first kappa shape index (κ1) is 15.5. The fourth-order valence-corrected chi connectivity index (χ4v) is 2.19. The quantitative estimate of drug-likeness (QED) is 0.915. The number of hydrogen-bond acceptors (Lipinski definition) is 3. The second kappa shape index (κ2) is 6.26. The molecule has 1 N–H and O–H groups in total. The molecule has 0 saturated carbocycles. The van der Waals surface area contributed by atoms with Crippen LogP contribution in [0.25, 0.3) is 0 Å². The zero-order valence-electron chi connectivity index (χ0n) is 11.9. The summed E-state index contributed by atoms with van der Waals surface area (Å²) in [5.74, 6) is -0.619. The Hall–Kier alpha value is -1.89. The van der Waals surface area contributed by atoms with E-state index in [0.29, 0.717) is 16.8 Å². The number of carbonyl (C=O) groups is 1. The van der Waals surface area contributed by atoms with Crippen LogP contribution in [0.3, 0.4) is 0 Å². The number of hydrogen-bond donors (Lipinski definition) is 1. The molecular weight excluding hydrogens is 341 g/mol. The van der Waals surface area contributed by atoms with E-state index in [1.54, 1.807) is 13.1 Å². The first-order chi connectivity index (χ1) is 9.93. The van der Waals surface area contributed by atoms with Gasteiger partial charge in [0.1, 0.15) is 5.82 Å². The first-order valence-electron chi connectivity index (χ1n) is 6.35. The van der Waals surface area contributed by atoms with Crippen LogP contribution in [0.2, 0.25) is 0 Å². The summed E-state index contributed by atoms with van der Waals surface area (Å²) in [6, 6.07) is 2.88. The number of carbonyl (C=O) groups excluding carboxylic acids is 1. The number of nitrogens with zero attached hydrogens (tertiary/aromatic N) is 2. The number of halogens is 2. The van der Waals surface area contributed by atoms with Crippen LogP contribution in [-0.2, 0) is 7.05 Å². The Morgan fingerprint density at radius 3 is 2.90 bits per heavy atom. The summed E-state index contributed by atoms with van der Waals surface area (Å²) in [5.41, 5.74) is 1.18. The van der Waals surface area contributed by atoms with Crippen molar-refractivity contribution in [2.45, 2.75) is 13.8 Å². The van der Waals surface area contributed by atoms with Crippen LogP contribution in [0.1, 0.15) is 23.0 Å². The van der Waals surface area contributed by atoms with Gasteiger partial charge >= 0.3 is 0 Å². The minimum absolute atomic E-state index is 0.115. The van der Waals surface area contributed by atoms with Crippen molar-refractivity contribution in [2.24, 2.45) is 7.05 Å². The highest BCUT2D eigenvalue weighted by atomic mass is 79.9. The van der Waals surface area contributed by atoms with Crippen LogP contribution in [-0.4, -0.2) is 22.3 Å². The molecule has 1 heterocycles. The van der Waals surface area contributed by atoms with E-state index in [4.69, 9.17) is 4.74 Å². The summed E-state index contributed by atoms with van der Waals surface area (Å²) in [6.07, 6.45) is 1.46. The molecular formula is C14H15BrFN3O2. The standard InChI is InChI=1S/C14H15BrFN3O2/c1-4-21-12-7-17-19(3)13(12)14(20)18-11-5-8(2)9(15)6-10(11)16/h5-7H,4H2,1-3H3,(H,18,20). The van der Waals surface area contributed by atoms with Crippen molar-refractivity contribution < 1.29 is 13.9 Å². The number of benzene rings is 1. The molecule has 112 valence electrons. The number of ether oxygens (including phenoxy) is 1. The minimum Gasteiger partial charge on any atom is -0.490 e. The smallest absolute Gasteiger partial charge is 0.277 e. The Labute approximate surface area is 130 Å². The normalized spacial score (nSPS) is 10.5. The molecule has 2 rings (SSSR count). The van der Waals surface area contributed by atoms with Crippen LogP contribution in [0.5, 0.6) is 5.75 Å². The lowest BCUT2D eigenvalue weighted by Gasteiger charge is -2.10. The van der Waals surface area contributed by atoms with Gasteiger partial charge < -0.3 is 10.1 Å². The summed E-state index contributed by atoms with van der Waals surface area (Å²) in [7, 11) is 1.63. The molecule has 0 unspecified atom stereocenters. The van der Waals surface area contributed by atoms with Crippen molar-refractivity contribution in [3.8, 4) is 5.75 Å². The second-order valence-corrected chi connectivity index (χ2v) is 5.30. The van der Waals surface area contributed by atoms with E-state index >= 15 is 0 Å². The molecule has 0 saturated heterocycles. The molecule has 2 aromatic rings. The van der Waals surface area contributed by atoms with Crippen LogP contribution < -0.4 is 10.1 Å². The van der Waals surface area contributed by atoms with Gasteiger partial charge in [-0.3, -0.25) is 9.48 Å². The summed E-state index contributed by atoms with van der Waals surface area (Å²) in [4.78, 5) is 12.3. The molecule has 0 aliphatic heterocycles. The molecule has 0 aliphatic rings. The molecule has 0 fully saturated rings. The number of aromatic nitrogens is 2. The summed E-state index contributed by atoms with van der Waals surface area (Å²) < 4.78 is 21.3. The van der Waals surface area contributed by atoms with Crippen LogP contribution >= 0.6 is 15.9 Å². The van der Waals surface area contributed by atoms with E-state index in [-0.39, 0.29) is 11.4 Å². The van der Waals surface area contributed by atoms with Crippen molar-refractivity contribution in [3.05, 3.63) is 39.9 Å². The molecule has 0 atom stereocenters. The highest BCUT2D eigenvalue weighted by Crippen LogP contribution is 2.25. The molecule has 21 heavy (non-hydrogen) atoms. The van der Waals surface area contributed by atoms with E-state index in [0.717, 1.165) is 5.56 Å². The van der Waals surface area contributed by atoms with E-state index in [1.807, 2.05) is 13.8 Å². The largest absolute Gasteiger partial charge is 0.490 e. The van der Waals surface area contributed by atoms with Crippen molar-refractivity contribution in [1.82, 2.24) is 9.78 Å². The lowest BCUT2D eigenvalue weighted by Crippen LogP contribution is -2.18. The lowest BCUT2D eigenvalue weighted by atomic mass is 10.2. The average Bonchev–Trinajstić information content (AvgIpc) is 2.77. The fraction of sp³-hybridized carbons (Fsp3) is 0.286. The van der Waals surface area contributed by atoms with Gasteiger partial charge in [-0.05, 0) is 31.5 Å². The molecule has 5 nitrogen and oxygen atoms in total. The summed E-state index contributed by atoms with van der Waals surface area (Å²) in [5, 5.41) is 6.53. The number of amides is 1. The van der Waals surface area contributed by atoms with Gasteiger partial charge in [0.25, 0.3) is 5.91 Å². The molecule has 0 spiro atoms. The molecule has 7 heteroatoms. The molecule has 0 bridgehead atoms. The van der Waals surface area contributed by atoms with Gasteiger partial charge in [-0.1, -0.05) is 15.9 Å². The zero-order chi connectivity index (χ0) is 15.6. The van der Waals surface area contributed by atoms with Crippen molar-refractivity contribution in [3.63, 3.8) is 0 Å². The Kier molecular flexibility index (Phi) is 4.62. The van der Waals surface area contributed by atoms with Crippen molar-refractivity contribution >= 4 is 27.5 Å². The van der Waals surface area contributed by atoms with Crippen LogP contribution in [0.4, 0.5) is 10.1 Å². The average molecular weight is 356 g/mol. The number of rotatable bonds is 4. The molecule has 1 aromatic carbocycles. The molecule has 1 aromatic heterocycles. The Morgan fingerprint density at radius 1 is 1.52 bits per heavy atom. The summed E-state index contributed by atoms with van der Waals surface area (Å²) in [6.45, 7) is 4.04. The third kappa shape index (κ3) is 3.24.